The third-order valence-corrected chi connectivity index (χ3v) is 6.47. The molecule has 0 unspecified atom stereocenters. The normalized spacial score (nSPS) is 13.8. The molecule has 166 valence electrons. The summed E-state index contributed by atoms with van der Waals surface area (Å²) in [7, 11) is -3.84. The molecule has 0 saturated carbocycles. The Hall–Kier alpha value is -3.52. The second-order valence-electron chi connectivity index (χ2n) is 7.60. The molecule has 1 amide bonds. The van der Waals surface area contributed by atoms with Crippen molar-refractivity contribution in [1.82, 2.24) is 5.32 Å². The SMILES string of the molecule is Cc1cccc(NS(=O)(=O)c2cccc(C(=O)N[C@@H](C)c3ccc4c(c3)OCCO4)c2)c1. The average molecular weight is 453 g/mol. The number of fused-ring (bicyclic) bond motifs is 1. The largest absolute Gasteiger partial charge is 0.486 e. The highest BCUT2D eigenvalue weighted by molar-refractivity contribution is 7.92. The summed E-state index contributed by atoms with van der Waals surface area (Å²) in [6, 6.07) is 18.2. The maximum atomic E-state index is 12.8. The van der Waals surface area contributed by atoms with Gasteiger partial charge < -0.3 is 14.8 Å². The molecule has 1 heterocycles. The lowest BCUT2D eigenvalue weighted by Gasteiger charge is -2.21. The van der Waals surface area contributed by atoms with E-state index in [2.05, 4.69) is 10.0 Å². The van der Waals surface area contributed by atoms with Gasteiger partial charge in [-0.1, -0.05) is 24.3 Å². The quantitative estimate of drug-likeness (QED) is 0.588. The molecule has 0 radical (unpaired) electrons. The Kier molecular flexibility index (Phi) is 6.05. The Morgan fingerprint density at radius 3 is 2.47 bits per heavy atom. The molecule has 4 rings (SSSR count). The van der Waals surface area contributed by atoms with E-state index >= 15 is 0 Å². The molecule has 0 bridgehead atoms. The van der Waals surface area contributed by atoms with Gasteiger partial charge in [-0.15, -0.1) is 0 Å². The van der Waals surface area contributed by atoms with Crippen LogP contribution in [0.4, 0.5) is 5.69 Å². The van der Waals surface area contributed by atoms with Crippen LogP contribution in [0, 0.1) is 6.92 Å². The van der Waals surface area contributed by atoms with Crippen LogP contribution in [-0.2, 0) is 10.0 Å². The number of carbonyl (C=O) groups is 1. The van der Waals surface area contributed by atoms with Crippen LogP contribution in [-0.4, -0.2) is 27.5 Å². The number of sulfonamides is 1. The van der Waals surface area contributed by atoms with Crippen LogP contribution in [0.15, 0.2) is 71.6 Å². The van der Waals surface area contributed by atoms with Gasteiger partial charge in [-0.25, -0.2) is 8.42 Å². The first kappa shape index (κ1) is 21.7. The van der Waals surface area contributed by atoms with Crippen molar-refractivity contribution in [3.05, 3.63) is 83.4 Å². The zero-order valence-electron chi connectivity index (χ0n) is 17.8. The van der Waals surface area contributed by atoms with Gasteiger partial charge in [-0.2, -0.15) is 0 Å². The predicted molar refractivity (Wildman–Crippen MR) is 122 cm³/mol. The molecular formula is C24H24N2O5S. The van der Waals surface area contributed by atoms with Crippen molar-refractivity contribution in [2.24, 2.45) is 0 Å². The van der Waals surface area contributed by atoms with Crippen molar-refractivity contribution in [3.8, 4) is 11.5 Å². The van der Waals surface area contributed by atoms with E-state index in [9.17, 15) is 13.2 Å². The molecular weight excluding hydrogens is 428 g/mol. The predicted octanol–water partition coefficient (Wildman–Crippen LogP) is 4.06. The summed E-state index contributed by atoms with van der Waals surface area (Å²) < 4.78 is 39.3. The molecule has 3 aromatic rings. The second kappa shape index (κ2) is 8.92. The van der Waals surface area contributed by atoms with Gasteiger partial charge in [0.1, 0.15) is 13.2 Å². The Morgan fingerprint density at radius 1 is 0.938 bits per heavy atom. The third-order valence-electron chi connectivity index (χ3n) is 5.09. The number of rotatable bonds is 6. The van der Waals surface area contributed by atoms with Crippen LogP contribution in [0.2, 0.25) is 0 Å². The van der Waals surface area contributed by atoms with Crippen molar-refractivity contribution < 1.29 is 22.7 Å². The number of anilines is 1. The fraction of sp³-hybridized carbons (Fsp3) is 0.208. The lowest BCUT2D eigenvalue weighted by molar-refractivity contribution is 0.0939. The monoisotopic (exact) mass is 452 g/mol. The zero-order chi connectivity index (χ0) is 22.7. The Labute approximate surface area is 187 Å². The van der Waals surface area contributed by atoms with E-state index in [0.29, 0.717) is 30.4 Å². The van der Waals surface area contributed by atoms with E-state index in [0.717, 1.165) is 11.1 Å². The minimum Gasteiger partial charge on any atom is -0.486 e. The van der Waals surface area contributed by atoms with Crippen LogP contribution in [0.1, 0.15) is 34.5 Å². The fourth-order valence-corrected chi connectivity index (χ4v) is 4.51. The molecule has 1 atom stereocenters. The number of nitrogens with one attached hydrogen (secondary N) is 2. The molecule has 0 fully saturated rings. The van der Waals surface area contributed by atoms with E-state index < -0.39 is 10.0 Å². The lowest BCUT2D eigenvalue weighted by atomic mass is 10.1. The molecule has 1 aliphatic heterocycles. The van der Waals surface area contributed by atoms with Crippen molar-refractivity contribution >= 4 is 21.6 Å². The summed E-state index contributed by atoms with van der Waals surface area (Å²) in [6.07, 6.45) is 0. The van der Waals surface area contributed by atoms with Gasteiger partial charge in [0.15, 0.2) is 11.5 Å². The molecule has 2 N–H and O–H groups in total. The highest BCUT2D eigenvalue weighted by Crippen LogP contribution is 2.32. The van der Waals surface area contributed by atoms with Gasteiger partial charge >= 0.3 is 0 Å². The highest BCUT2D eigenvalue weighted by atomic mass is 32.2. The minimum atomic E-state index is -3.84. The van der Waals surface area contributed by atoms with Gasteiger partial charge in [0.25, 0.3) is 15.9 Å². The standard InChI is InChI=1S/C24H24N2O5S/c1-16-5-3-7-20(13-16)26-32(28,29)21-8-4-6-19(14-21)24(27)25-17(2)18-9-10-22-23(15-18)31-12-11-30-22/h3-10,13-15,17,26H,11-12H2,1-2H3,(H,25,27)/t17-/m0/s1. The number of ether oxygens (including phenoxy) is 2. The number of hydrogen-bond acceptors (Lipinski definition) is 5. The van der Waals surface area contributed by atoms with E-state index in [4.69, 9.17) is 9.47 Å². The van der Waals surface area contributed by atoms with Crippen molar-refractivity contribution in [2.45, 2.75) is 24.8 Å². The Balaban J connectivity index is 1.49. The maximum Gasteiger partial charge on any atom is 0.261 e. The van der Waals surface area contributed by atoms with Gasteiger partial charge in [-0.05, 0) is 67.4 Å². The number of amides is 1. The number of carbonyl (C=O) groups excluding carboxylic acids is 1. The molecule has 3 aromatic carbocycles. The van der Waals surface area contributed by atoms with Crippen LogP contribution in [0.5, 0.6) is 11.5 Å². The summed E-state index contributed by atoms with van der Waals surface area (Å²) >= 11 is 0. The minimum absolute atomic E-state index is 0.0126. The van der Waals surface area contributed by atoms with Gasteiger partial charge in [-0.3, -0.25) is 9.52 Å². The second-order valence-corrected chi connectivity index (χ2v) is 9.28. The molecule has 8 heteroatoms. The van der Waals surface area contributed by atoms with Crippen molar-refractivity contribution in [1.29, 1.82) is 0 Å². The first-order chi connectivity index (χ1) is 15.3. The summed E-state index contributed by atoms with van der Waals surface area (Å²) in [6.45, 7) is 4.72. The zero-order valence-corrected chi connectivity index (χ0v) is 18.6. The molecule has 0 aromatic heterocycles. The maximum absolute atomic E-state index is 12.8. The summed E-state index contributed by atoms with van der Waals surface area (Å²) in [5.74, 6) is 0.947. The van der Waals surface area contributed by atoms with Gasteiger partial charge in [0, 0.05) is 11.3 Å². The van der Waals surface area contributed by atoms with Crippen LogP contribution < -0.4 is 19.5 Å². The number of benzene rings is 3. The first-order valence-corrected chi connectivity index (χ1v) is 11.7. The van der Waals surface area contributed by atoms with Gasteiger partial charge in [0.05, 0.1) is 10.9 Å². The van der Waals surface area contributed by atoms with Crippen LogP contribution >= 0.6 is 0 Å². The average Bonchev–Trinajstić information content (AvgIpc) is 2.78. The summed E-state index contributed by atoms with van der Waals surface area (Å²) in [5, 5.41) is 2.90. The van der Waals surface area contributed by atoms with E-state index in [1.165, 1.54) is 12.1 Å². The first-order valence-electron chi connectivity index (χ1n) is 10.2. The van der Waals surface area contributed by atoms with Gasteiger partial charge in [0.2, 0.25) is 0 Å². The molecule has 32 heavy (non-hydrogen) atoms. The molecule has 7 nitrogen and oxygen atoms in total. The van der Waals surface area contributed by atoms with E-state index in [1.54, 1.807) is 30.3 Å². The topological polar surface area (TPSA) is 93.7 Å². The fourth-order valence-electron chi connectivity index (χ4n) is 3.42. The number of hydrogen-bond donors (Lipinski definition) is 2. The van der Waals surface area contributed by atoms with E-state index in [1.807, 2.05) is 38.1 Å². The Bertz CT molecular complexity index is 1260. The summed E-state index contributed by atoms with van der Waals surface area (Å²) in [4.78, 5) is 12.8. The summed E-state index contributed by atoms with van der Waals surface area (Å²) in [5.41, 5.74) is 2.51. The van der Waals surface area contributed by atoms with E-state index in [-0.39, 0.29) is 22.4 Å². The molecule has 0 saturated heterocycles. The van der Waals surface area contributed by atoms with Crippen LogP contribution in [0.3, 0.4) is 0 Å². The molecule has 1 aliphatic rings. The number of aryl methyl sites for hydroxylation is 1. The van der Waals surface area contributed by atoms with Crippen LogP contribution in [0.25, 0.3) is 0 Å². The molecule has 0 aliphatic carbocycles. The lowest BCUT2D eigenvalue weighted by Crippen LogP contribution is -2.27. The van der Waals surface area contributed by atoms with Crippen molar-refractivity contribution in [3.63, 3.8) is 0 Å². The third kappa shape index (κ3) is 4.86. The Morgan fingerprint density at radius 2 is 1.69 bits per heavy atom. The molecule has 0 spiro atoms. The van der Waals surface area contributed by atoms with Crippen molar-refractivity contribution in [2.75, 3.05) is 17.9 Å². The highest BCUT2D eigenvalue weighted by Gasteiger charge is 2.19. The smallest absolute Gasteiger partial charge is 0.261 e.